The van der Waals surface area contributed by atoms with E-state index in [2.05, 4.69) is 4.98 Å². The lowest BCUT2D eigenvalue weighted by molar-refractivity contribution is -0.384. The molecule has 18 heavy (non-hydrogen) atoms. The van der Waals surface area contributed by atoms with Gasteiger partial charge < -0.3 is 15.7 Å². The molecule has 8 heteroatoms. The van der Waals surface area contributed by atoms with Gasteiger partial charge in [0.2, 0.25) is 5.82 Å². The van der Waals surface area contributed by atoms with Gasteiger partial charge in [0.05, 0.1) is 4.92 Å². The number of carbonyl (C=O) groups is 1. The highest BCUT2D eigenvalue weighted by Crippen LogP contribution is 2.23. The molecule has 0 spiro atoms. The molecule has 0 radical (unpaired) electrons. The first-order valence-corrected chi connectivity index (χ1v) is 5.22. The van der Waals surface area contributed by atoms with E-state index in [1.54, 1.807) is 13.8 Å². The average Bonchev–Trinajstić information content (AvgIpc) is 2.24. The molecular formula is C10H14N4O4. The lowest BCUT2D eigenvalue weighted by Gasteiger charge is -2.25. The Morgan fingerprint density at radius 3 is 2.61 bits per heavy atom. The van der Waals surface area contributed by atoms with Crippen LogP contribution >= 0.6 is 0 Å². The quantitative estimate of drug-likeness (QED) is 0.590. The second-order valence-corrected chi connectivity index (χ2v) is 3.95. The van der Waals surface area contributed by atoms with E-state index in [0.29, 0.717) is 5.82 Å². The first kappa shape index (κ1) is 13.7. The lowest BCUT2D eigenvalue weighted by atomic mass is 10.3. The van der Waals surface area contributed by atoms with Crippen molar-refractivity contribution in [2.75, 3.05) is 17.2 Å². The Bertz CT molecular complexity index is 475. The van der Waals surface area contributed by atoms with Gasteiger partial charge in [-0.3, -0.25) is 14.9 Å². The summed E-state index contributed by atoms with van der Waals surface area (Å²) < 4.78 is 0. The predicted octanol–water partition coefficient (Wildman–Crippen LogP) is 0.871. The van der Waals surface area contributed by atoms with E-state index < -0.39 is 10.9 Å². The van der Waals surface area contributed by atoms with Crippen molar-refractivity contribution < 1.29 is 14.8 Å². The highest BCUT2D eigenvalue weighted by Gasteiger charge is 2.19. The summed E-state index contributed by atoms with van der Waals surface area (Å²) in [5.41, 5.74) is 5.17. The number of anilines is 2. The fourth-order valence-electron chi connectivity index (χ4n) is 1.44. The summed E-state index contributed by atoms with van der Waals surface area (Å²) in [5.74, 6) is -0.938. The summed E-state index contributed by atoms with van der Waals surface area (Å²) in [6, 6.07) is 2.49. The average molecular weight is 254 g/mol. The van der Waals surface area contributed by atoms with Crippen LogP contribution in [-0.2, 0) is 4.79 Å². The second kappa shape index (κ2) is 5.30. The van der Waals surface area contributed by atoms with E-state index in [4.69, 9.17) is 10.8 Å². The van der Waals surface area contributed by atoms with Crippen LogP contribution < -0.4 is 10.6 Å². The van der Waals surface area contributed by atoms with Crippen molar-refractivity contribution in [1.29, 1.82) is 0 Å². The molecule has 1 heterocycles. The Morgan fingerprint density at radius 2 is 2.22 bits per heavy atom. The standard InChI is InChI=1S/C10H14N4O4/c1-6(2)13(5-9(15)16)8-4-3-7(14(17)18)10(11)12-8/h3-4,6H,5H2,1-2H3,(H2,11,12)(H,15,16). The Labute approximate surface area is 103 Å². The molecule has 0 aliphatic heterocycles. The lowest BCUT2D eigenvalue weighted by Crippen LogP contribution is -2.36. The minimum atomic E-state index is -1.01. The Hall–Kier alpha value is -2.38. The molecule has 1 rings (SSSR count). The number of carboxylic acid groups (broad SMARTS) is 1. The first-order chi connectivity index (χ1) is 8.32. The monoisotopic (exact) mass is 254 g/mol. The van der Waals surface area contributed by atoms with Gasteiger partial charge >= 0.3 is 11.7 Å². The van der Waals surface area contributed by atoms with Crippen LogP contribution in [0.15, 0.2) is 12.1 Å². The van der Waals surface area contributed by atoms with Gasteiger partial charge in [0, 0.05) is 12.1 Å². The maximum Gasteiger partial charge on any atom is 0.323 e. The number of rotatable bonds is 5. The number of aliphatic carboxylic acids is 1. The number of pyridine rings is 1. The van der Waals surface area contributed by atoms with Crippen LogP contribution in [0.2, 0.25) is 0 Å². The number of nitrogens with zero attached hydrogens (tertiary/aromatic N) is 3. The van der Waals surface area contributed by atoms with Crippen molar-refractivity contribution >= 4 is 23.3 Å². The number of nitro groups is 1. The molecule has 0 aromatic carbocycles. The molecule has 98 valence electrons. The van der Waals surface area contributed by atoms with Crippen LogP contribution in [0.5, 0.6) is 0 Å². The summed E-state index contributed by atoms with van der Waals surface area (Å²) in [7, 11) is 0. The summed E-state index contributed by atoms with van der Waals surface area (Å²) >= 11 is 0. The molecule has 0 aliphatic rings. The molecule has 1 aromatic heterocycles. The zero-order valence-electron chi connectivity index (χ0n) is 10.0. The summed E-state index contributed by atoms with van der Waals surface area (Å²) in [5, 5.41) is 19.4. The molecular weight excluding hydrogens is 240 g/mol. The Balaban J connectivity index is 3.10. The molecule has 0 bridgehead atoms. The van der Waals surface area contributed by atoms with E-state index in [1.807, 2.05) is 0 Å². The Kier molecular flexibility index (Phi) is 4.03. The third kappa shape index (κ3) is 3.06. The molecule has 0 saturated heterocycles. The van der Waals surface area contributed by atoms with Crippen molar-refractivity contribution in [1.82, 2.24) is 4.98 Å². The SMILES string of the molecule is CC(C)N(CC(=O)O)c1ccc([N+](=O)[O-])c(N)n1. The van der Waals surface area contributed by atoms with Crippen LogP contribution in [0.25, 0.3) is 0 Å². The van der Waals surface area contributed by atoms with Gasteiger partial charge in [-0.15, -0.1) is 0 Å². The number of aromatic nitrogens is 1. The highest BCUT2D eigenvalue weighted by atomic mass is 16.6. The largest absolute Gasteiger partial charge is 0.480 e. The molecule has 0 atom stereocenters. The number of nitrogens with two attached hydrogens (primary N) is 1. The minimum Gasteiger partial charge on any atom is -0.480 e. The molecule has 0 amide bonds. The van der Waals surface area contributed by atoms with Crippen LogP contribution in [0.4, 0.5) is 17.3 Å². The van der Waals surface area contributed by atoms with Crippen LogP contribution in [0.3, 0.4) is 0 Å². The normalized spacial score (nSPS) is 10.4. The van der Waals surface area contributed by atoms with E-state index in [9.17, 15) is 14.9 Å². The van der Waals surface area contributed by atoms with Gasteiger partial charge in [-0.25, -0.2) is 4.98 Å². The van der Waals surface area contributed by atoms with Crippen molar-refractivity contribution in [3.63, 3.8) is 0 Å². The van der Waals surface area contributed by atoms with Crippen LogP contribution in [-0.4, -0.2) is 33.6 Å². The van der Waals surface area contributed by atoms with Gasteiger partial charge in [-0.2, -0.15) is 0 Å². The number of hydrogen-bond donors (Lipinski definition) is 2. The van der Waals surface area contributed by atoms with Gasteiger partial charge in [0.1, 0.15) is 12.4 Å². The molecule has 0 fully saturated rings. The van der Waals surface area contributed by atoms with Crippen molar-refractivity contribution in [2.24, 2.45) is 0 Å². The van der Waals surface area contributed by atoms with Crippen LogP contribution in [0.1, 0.15) is 13.8 Å². The number of hydrogen-bond acceptors (Lipinski definition) is 6. The van der Waals surface area contributed by atoms with Gasteiger partial charge in [-0.1, -0.05) is 0 Å². The van der Waals surface area contributed by atoms with Crippen molar-refractivity contribution in [2.45, 2.75) is 19.9 Å². The molecule has 0 unspecified atom stereocenters. The van der Waals surface area contributed by atoms with Gasteiger partial charge in [-0.05, 0) is 19.9 Å². The van der Waals surface area contributed by atoms with E-state index in [1.165, 1.54) is 17.0 Å². The van der Waals surface area contributed by atoms with Crippen LogP contribution in [0, 0.1) is 10.1 Å². The number of nitrogen functional groups attached to an aromatic ring is 1. The van der Waals surface area contributed by atoms with Crippen molar-refractivity contribution in [3.8, 4) is 0 Å². The smallest absolute Gasteiger partial charge is 0.323 e. The zero-order valence-corrected chi connectivity index (χ0v) is 10.0. The fourth-order valence-corrected chi connectivity index (χ4v) is 1.44. The van der Waals surface area contributed by atoms with E-state index in [0.717, 1.165) is 0 Å². The maximum atomic E-state index is 10.7. The topological polar surface area (TPSA) is 123 Å². The third-order valence-corrected chi connectivity index (χ3v) is 2.31. The van der Waals surface area contributed by atoms with Crippen molar-refractivity contribution in [3.05, 3.63) is 22.2 Å². The molecule has 0 saturated carbocycles. The van der Waals surface area contributed by atoms with E-state index in [-0.39, 0.29) is 24.1 Å². The molecule has 3 N–H and O–H groups in total. The second-order valence-electron chi connectivity index (χ2n) is 3.95. The Morgan fingerprint density at radius 1 is 1.61 bits per heavy atom. The molecule has 8 nitrogen and oxygen atoms in total. The van der Waals surface area contributed by atoms with Gasteiger partial charge in [0.25, 0.3) is 0 Å². The number of carboxylic acids is 1. The third-order valence-electron chi connectivity index (χ3n) is 2.31. The summed E-state index contributed by atoms with van der Waals surface area (Å²) in [4.78, 5) is 26.1. The fraction of sp³-hybridized carbons (Fsp3) is 0.400. The zero-order chi connectivity index (χ0) is 13.9. The molecule has 0 aliphatic carbocycles. The molecule has 1 aromatic rings. The van der Waals surface area contributed by atoms with E-state index >= 15 is 0 Å². The minimum absolute atomic E-state index is 0.116. The summed E-state index contributed by atoms with van der Waals surface area (Å²) in [6.45, 7) is 3.34. The highest BCUT2D eigenvalue weighted by molar-refractivity contribution is 5.73. The van der Waals surface area contributed by atoms with Gasteiger partial charge in [0.15, 0.2) is 0 Å². The predicted molar refractivity (Wildman–Crippen MR) is 65.4 cm³/mol. The maximum absolute atomic E-state index is 10.7. The summed E-state index contributed by atoms with van der Waals surface area (Å²) in [6.07, 6.45) is 0. The first-order valence-electron chi connectivity index (χ1n) is 5.22.